The Balaban J connectivity index is 0.00000113. The van der Waals surface area contributed by atoms with Gasteiger partial charge in [-0.1, -0.05) is 18.6 Å². The molecule has 0 N–H and O–H groups in total. The van der Waals surface area contributed by atoms with Crippen LogP contribution in [0.15, 0.2) is 53.4 Å². The fraction of sp³-hybridized carbons (Fsp3) is 0.455. The van der Waals surface area contributed by atoms with Gasteiger partial charge in [-0.05, 0) is 97.4 Å². The molecule has 3 aliphatic rings. The molecule has 0 aliphatic carbocycles. The topological polar surface area (TPSA) is 60.5 Å². The molecule has 7 nitrogen and oxygen atoms in total. The summed E-state index contributed by atoms with van der Waals surface area (Å²) < 4.78 is 48.9. The number of methoxy groups -OCH3 is 3. The zero-order valence-corrected chi connectivity index (χ0v) is 25.8. The molecular formula is C33H41FN2O5S. The maximum absolute atomic E-state index is 13.9. The van der Waals surface area contributed by atoms with E-state index in [0.29, 0.717) is 18.0 Å². The van der Waals surface area contributed by atoms with Gasteiger partial charge >= 0.3 is 0 Å². The van der Waals surface area contributed by atoms with Gasteiger partial charge in [-0.15, -0.1) is 0 Å². The molecule has 42 heavy (non-hydrogen) atoms. The highest BCUT2D eigenvalue weighted by molar-refractivity contribution is 7.80. The number of piperidine rings is 1. The number of rotatable bonds is 7. The normalized spacial score (nSPS) is 18.9. The minimum atomic E-state index is -1.88. The fourth-order valence-corrected chi connectivity index (χ4v) is 7.16. The highest BCUT2D eigenvalue weighted by Crippen LogP contribution is 2.46. The molecule has 0 saturated carbocycles. The summed E-state index contributed by atoms with van der Waals surface area (Å²) in [6.07, 6.45) is 5.51. The van der Waals surface area contributed by atoms with E-state index in [1.54, 1.807) is 40.6 Å². The van der Waals surface area contributed by atoms with Crippen molar-refractivity contribution in [2.24, 2.45) is 0 Å². The average Bonchev–Trinajstić information content (AvgIpc) is 3.01. The first-order valence-electron chi connectivity index (χ1n) is 14.6. The van der Waals surface area contributed by atoms with E-state index in [-0.39, 0.29) is 10.9 Å². The standard InChI is InChI=1S/C31H35FN2O4S.C2H6O/c1-36-24-10-9-21-11-14-34-20-28-26(18-29(34)27(21)17-24)22(19-33-12-4-3-5-13-33)15-30(37-2)31(28)38-39(35)25-8-6-7-23(32)16-25;1-3-2/h6-10,15-17,29H,3-5,11-14,18-20H2,1-2H3;1-2H3. The van der Waals surface area contributed by atoms with E-state index in [9.17, 15) is 8.60 Å². The number of halogens is 1. The third-order valence-electron chi connectivity index (χ3n) is 8.35. The molecule has 3 heterocycles. The number of ether oxygens (including phenoxy) is 3. The maximum atomic E-state index is 13.9. The van der Waals surface area contributed by atoms with E-state index in [4.69, 9.17) is 13.7 Å². The summed E-state index contributed by atoms with van der Waals surface area (Å²) >= 11 is -1.88. The Hall–Kier alpha value is -2.98. The molecular weight excluding hydrogens is 555 g/mol. The lowest BCUT2D eigenvalue weighted by Crippen LogP contribution is -2.40. The summed E-state index contributed by atoms with van der Waals surface area (Å²) in [6.45, 7) is 4.62. The van der Waals surface area contributed by atoms with Crippen LogP contribution in [0.25, 0.3) is 0 Å². The van der Waals surface area contributed by atoms with Gasteiger partial charge in [0.2, 0.25) is 11.1 Å². The van der Waals surface area contributed by atoms with Crippen molar-refractivity contribution < 1.29 is 27.0 Å². The Morgan fingerprint density at radius 3 is 2.43 bits per heavy atom. The van der Waals surface area contributed by atoms with Crippen LogP contribution >= 0.6 is 0 Å². The zero-order valence-electron chi connectivity index (χ0n) is 25.0. The molecule has 9 heteroatoms. The quantitative estimate of drug-likeness (QED) is 0.339. The van der Waals surface area contributed by atoms with E-state index in [2.05, 4.69) is 32.7 Å². The molecule has 2 unspecified atom stereocenters. The molecule has 0 radical (unpaired) electrons. The van der Waals surface area contributed by atoms with E-state index in [1.165, 1.54) is 53.6 Å². The second kappa shape index (κ2) is 14.0. The van der Waals surface area contributed by atoms with Gasteiger partial charge in [-0.25, -0.2) is 8.60 Å². The molecule has 0 spiro atoms. The van der Waals surface area contributed by atoms with Crippen LogP contribution in [0.4, 0.5) is 4.39 Å². The van der Waals surface area contributed by atoms with Crippen molar-refractivity contribution in [1.29, 1.82) is 0 Å². The van der Waals surface area contributed by atoms with E-state index < -0.39 is 16.9 Å². The molecule has 1 fully saturated rings. The molecule has 6 rings (SSSR count). The SMILES string of the molecule is COC.COc1ccc2c(c1)C1Cc3c(CN4CCCCC4)cc(OC)c(OS(=O)c4cccc(F)c4)c3CN1CC2. The molecule has 0 amide bonds. The third-order valence-corrected chi connectivity index (χ3v) is 9.30. The van der Waals surface area contributed by atoms with Crippen LogP contribution in [-0.4, -0.2) is 62.1 Å². The van der Waals surface area contributed by atoms with Crippen LogP contribution < -0.4 is 13.7 Å². The Kier molecular flexibility index (Phi) is 10.2. The van der Waals surface area contributed by atoms with Gasteiger partial charge in [-0.2, -0.15) is 0 Å². The van der Waals surface area contributed by atoms with Crippen LogP contribution in [0, 0.1) is 5.82 Å². The number of hydrogen-bond donors (Lipinski definition) is 0. The number of likely N-dealkylation sites (tertiary alicyclic amines) is 1. The second-order valence-corrected chi connectivity index (χ2v) is 12.2. The molecule has 1 saturated heterocycles. The van der Waals surface area contributed by atoms with Gasteiger partial charge in [0.05, 0.1) is 19.1 Å². The zero-order chi connectivity index (χ0) is 29.6. The molecule has 3 aromatic rings. The minimum Gasteiger partial charge on any atom is -0.497 e. The molecule has 0 bridgehead atoms. The second-order valence-electron chi connectivity index (χ2n) is 11.0. The predicted molar refractivity (Wildman–Crippen MR) is 162 cm³/mol. The number of nitrogens with zero attached hydrogens (tertiary/aromatic N) is 2. The van der Waals surface area contributed by atoms with E-state index in [0.717, 1.165) is 50.3 Å². The van der Waals surface area contributed by atoms with Gasteiger partial charge in [0.15, 0.2) is 11.5 Å². The minimum absolute atomic E-state index is 0.228. The molecule has 2 atom stereocenters. The van der Waals surface area contributed by atoms with E-state index >= 15 is 0 Å². The van der Waals surface area contributed by atoms with Crippen molar-refractivity contribution in [3.63, 3.8) is 0 Å². The molecule has 3 aromatic carbocycles. The molecule has 0 aromatic heterocycles. The highest BCUT2D eigenvalue weighted by Gasteiger charge is 2.36. The summed E-state index contributed by atoms with van der Waals surface area (Å²) in [5.74, 6) is 1.50. The maximum Gasteiger partial charge on any atom is 0.240 e. The molecule has 226 valence electrons. The predicted octanol–water partition coefficient (Wildman–Crippen LogP) is 5.85. The third kappa shape index (κ3) is 6.64. The van der Waals surface area contributed by atoms with Crippen molar-refractivity contribution >= 4 is 11.1 Å². The lowest BCUT2D eigenvalue weighted by Gasteiger charge is -2.43. The Bertz CT molecular complexity index is 1410. The first kappa shape index (κ1) is 30.5. The van der Waals surface area contributed by atoms with Crippen LogP contribution in [0.1, 0.15) is 53.1 Å². The van der Waals surface area contributed by atoms with E-state index in [1.807, 2.05) is 6.07 Å². The van der Waals surface area contributed by atoms with Crippen molar-refractivity contribution in [3.05, 3.63) is 82.2 Å². The summed E-state index contributed by atoms with van der Waals surface area (Å²) in [5, 5.41) is 0. The number of benzene rings is 3. The van der Waals surface area contributed by atoms with Crippen molar-refractivity contribution in [3.8, 4) is 17.2 Å². The summed E-state index contributed by atoms with van der Waals surface area (Å²) in [6, 6.07) is 14.5. The van der Waals surface area contributed by atoms with Crippen LogP contribution in [0.2, 0.25) is 0 Å². The fourth-order valence-electron chi connectivity index (χ4n) is 6.33. The van der Waals surface area contributed by atoms with Crippen LogP contribution in [0.5, 0.6) is 17.2 Å². The first-order chi connectivity index (χ1) is 20.4. The van der Waals surface area contributed by atoms with Gasteiger partial charge in [0.1, 0.15) is 11.6 Å². The van der Waals surface area contributed by atoms with Crippen LogP contribution in [-0.2, 0) is 41.7 Å². The lowest BCUT2D eigenvalue weighted by molar-refractivity contribution is 0.157. The molecule has 3 aliphatic heterocycles. The first-order valence-corrected chi connectivity index (χ1v) is 15.6. The Morgan fingerprint density at radius 1 is 0.929 bits per heavy atom. The Morgan fingerprint density at radius 2 is 1.71 bits per heavy atom. The summed E-state index contributed by atoms with van der Waals surface area (Å²) in [5.41, 5.74) is 6.19. The number of fused-ring (bicyclic) bond motifs is 4. The van der Waals surface area contributed by atoms with Crippen molar-refractivity contribution in [2.75, 3.05) is 48.1 Å². The highest BCUT2D eigenvalue weighted by atomic mass is 32.2. The average molecular weight is 597 g/mol. The summed E-state index contributed by atoms with van der Waals surface area (Å²) in [7, 11) is 6.59. The van der Waals surface area contributed by atoms with Gasteiger partial charge < -0.3 is 18.4 Å². The Labute approximate surface area is 251 Å². The van der Waals surface area contributed by atoms with Crippen molar-refractivity contribution in [2.45, 2.75) is 56.1 Å². The lowest BCUT2D eigenvalue weighted by atomic mass is 9.81. The van der Waals surface area contributed by atoms with Crippen LogP contribution in [0.3, 0.4) is 0 Å². The number of hydrogen-bond acceptors (Lipinski definition) is 7. The smallest absolute Gasteiger partial charge is 0.240 e. The summed E-state index contributed by atoms with van der Waals surface area (Å²) in [4.78, 5) is 5.29. The largest absolute Gasteiger partial charge is 0.497 e. The van der Waals surface area contributed by atoms with Gasteiger partial charge in [0, 0.05) is 45.5 Å². The van der Waals surface area contributed by atoms with Crippen molar-refractivity contribution in [1.82, 2.24) is 9.80 Å². The van der Waals surface area contributed by atoms with Gasteiger partial charge in [0.25, 0.3) is 0 Å². The van der Waals surface area contributed by atoms with Gasteiger partial charge in [-0.3, -0.25) is 9.80 Å². The monoisotopic (exact) mass is 596 g/mol.